The summed E-state index contributed by atoms with van der Waals surface area (Å²) in [6, 6.07) is 7.58. The van der Waals surface area contributed by atoms with E-state index >= 15 is 0 Å². The Morgan fingerprint density at radius 2 is 1.76 bits per heavy atom. The fourth-order valence-electron chi connectivity index (χ4n) is 11.3. The predicted octanol–water partition coefficient (Wildman–Crippen LogP) is 8.38. The monoisotopic (exact) mass is 583 g/mol. The van der Waals surface area contributed by atoms with Gasteiger partial charge in [0.2, 0.25) is 0 Å². The summed E-state index contributed by atoms with van der Waals surface area (Å²) >= 11 is 5.98. The summed E-state index contributed by atoms with van der Waals surface area (Å²) < 4.78 is 19.5. The quantitative estimate of drug-likeness (QED) is 0.388. The topological polar surface area (TPSA) is 56.8 Å². The molecular formula is C35H50ClNO4. The lowest BCUT2D eigenvalue weighted by Crippen LogP contribution is -2.55. The third kappa shape index (κ3) is 4.67. The lowest BCUT2D eigenvalue weighted by Gasteiger charge is -2.61. The van der Waals surface area contributed by atoms with E-state index in [-0.39, 0.29) is 18.0 Å². The molecule has 6 heteroatoms. The first-order valence-corrected chi connectivity index (χ1v) is 17.0. The minimum absolute atomic E-state index is 0.0261. The van der Waals surface area contributed by atoms with Crippen molar-refractivity contribution < 1.29 is 19.0 Å². The van der Waals surface area contributed by atoms with Gasteiger partial charge in [0.05, 0.1) is 12.7 Å². The summed E-state index contributed by atoms with van der Waals surface area (Å²) in [4.78, 5) is 12.6. The van der Waals surface area contributed by atoms with E-state index in [1.807, 2.05) is 24.3 Å². The van der Waals surface area contributed by atoms with Crippen molar-refractivity contribution in [2.45, 2.75) is 116 Å². The number of amides is 1. The van der Waals surface area contributed by atoms with Gasteiger partial charge in [-0.05, 0) is 122 Å². The summed E-state index contributed by atoms with van der Waals surface area (Å²) in [6.07, 6.45) is 12.1. The second-order valence-corrected chi connectivity index (χ2v) is 15.9. The van der Waals surface area contributed by atoms with Crippen molar-refractivity contribution in [2.75, 3.05) is 6.61 Å². The fraction of sp³-hybridized carbons (Fsp3) is 0.800. The summed E-state index contributed by atoms with van der Waals surface area (Å²) in [5.41, 5.74) is 1.75. The predicted molar refractivity (Wildman–Crippen MR) is 160 cm³/mol. The fourth-order valence-corrected chi connectivity index (χ4v) is 11.4. The van der Waals surface area contributed by atoms with Crippen molar-refractivity contribution in [3.63, 3.8) is 0 Å². The van der Waals surface area contributed by atoms with Gasteiger partial charge in [-0.15, -0.1) is 0 Å². The molecule has 1 aromatic carbocycles. The first-order chi connectivity index (χ1) is 19.6. The molecule has 2 heterocycles. The van der Waals surface area contributed by atoms with E-state index in [4.69, 9.17) is 25.8 Å². The number of rotatable bonds is 3. The summed E-state index contributed by atoms with van der Waals surface area (Å²) in [5, 5.41) is 3.65. The summed E-state index contributed by atoms with van der Waals surface area (Å²) in [7, 11) is 0. The molecule has 2 aliphatic heterocycles. The lowest BCUT2D eigenvalue weighted by molar-refractivity contribution is -0.273. The summed E-state index contributed by atoms with van der Waals surface area (Å²) in [5.74, 6) is 4.44. The number of hydrogen-bond acceptors (Lipinski definition) is 4. The molecule has 7 rings (SSSR count). The zero-order valence-electron chi connectivity index (χ0n) is 25.5. The molecule has 2 saturated heterocycles. The van der Waals surface area contributed by atoms with Crippen LogP contribution < -0.4 is 5.32 Å². The maximum atomic E-state index is 12.6. The highest BCUT2D eigenvalue weighted by Crippen LogP contribution is 2.71. The van der Waals surface area contributed by atoms with E-state index < -0.39 is 0 Å². The molecule has 1 amide bonds. The molecule has 12 atom stereocenters. The van der Waals surface area contributed by atoms with Crippen LogP contribution in [-0.4, -0.2) is 30.7 Å². The molecule has 0 bridgehead atoms. The number of alkyl carbamates (subject to hydrolysis) is 1. The Bertz CT molecular complexity index is 1130. The van der Waals surface area contributed by atoms with Gasteiger partial charge in [0.1, 0.15) is 6.10 Å². The zero-order chi connectivity index (χ0) is 28.6. The highest BCUT2D eigenvalue weighted by atomic mass is 35.5. The second kappa shape index (κ2) is 10.4. The van der Waals surface area contributed by atoms with E-state index in [9.17, 15) is 4.79 Å². The summed E-state index contributed by atoms with van der Waals surface area (Å²) in [6.45, 7) is 11.3. The van der Waals surface area contributed by atoms with Crippen LogP contribution >= 0.6 is 11.6 Å². The first-order valence-electron chi connectivity index (χ1n) is 16.6. The van der Waals surface area contributed by atoms with Crippen LogP contribution in [0.4, 0.5) is 4.79 Å². The van der Waals surface area contributed by atoms with E-state index in [0.29, 0.717) is 52.2 Å². The molecule has 4 aliphatic carbocycles. The average Bonchev–Trinajstić information content (AvgIpc) is 3.40. The highest BCUT2D eigenvalue weighted by molar-refractivity contribution is 6.30. The standard InChI is InChI=1S/C35H50ClNO4/c1-21-11-16-35(39-20-21)22(2)31-30(41-35)18-29-27-10-7-24-17-26(12-14-33(24,3)28(27)13-15-34(29,31)4)40-32(38)37-19-23-5-8-25(36)9-6-23/h5-6,8-9,21-22,24,26-31H,7,10-20H2,1-4H3,(H,37,38)/t21-,22-,24+,26-,27+,28-,29-,30-,31-,33-,34-,35+/m0/s1. The Balaban J connectivity index is 0.982. The Kier molecular flexibility index (Phi) is 7.23. The van der Waals surface area contributed by atoms with E-state index in [0.717, 1.165) is 49.2 Å². The van der Waals surface area contributed by atoms with Gasteiger partial charge >= 0.3 is 6.09 Å². The molecule has 41 heavy (non-hydrogen) atoms. The molecule has 0 radical (unpaired) electrons. The Morgan fingerprint density at radius 1 is 0.976 bits per heavy atom. The van der Waals surface area contributed by atoms with Crippen molar-refractivity contribution in [3.05, 3.63) is 34.9 Å². The largest absolute Gasteiger partial charge is 0.446 e. The van der Waals surface area contributed by atoms with E-state index in [1.165, 1.54) is 44.9 Å². The number of benzene rings is 1. The maximum absolute atomic E-state index is 12.6. The molecule has 0 unspecified atom stereocenters. The minimum Gasteiger partial charge on any atom is -0.446 e. The third-order valence-electron chi connectivity index (χ3n) is 13.5. The molecule has 1 aromatic rings. The van der Waals surface area contributed by atoms with Crippen LogP contribution in [0.5, 0.6) is 0 Å². The van der Waals surface area contributed by atoms with Gasteiger partial charge in [0.15, 0.2) is 5.79 Å². The Hall–Kier alpha value is -1.30. The van der Waals surface area contributed by atoms with Crippen LogP contribution in [0.1, 0.15) is 97.5 Å². The SMILES string of the molecule is C[C@H]1CC[C@@]2(OC1)O[C@H]1C[C@H]3[C@@H]4CC[C@@H]5C[C@@H](OC(=O)NCc6ccc(Cl)cc6)CC[C@]5(C)[C@H]4CC[C@]3(C)[C@H]1[C@@H]2C. The Labute approximate surface area is 251 Å². The number of fused-ring (bicyclic) bond motifs is 7. The smallest absolute Gasteiger partial charge is 0.407 e. The lowest BCUT2D eigenvalue weighted by atomic mass is 9.44. The molecule has 1 N–H and O–H groups in total. The molecular weight excluding hydrogens is 534 g/mol. The normalized spacial score (nSPS) is 48.6. The third-order valence-corrected chi connectivity index (χ3v) is 13.8. The zero-order valence-corrected chi connectivity index (χ0v) is 26.3. The second-order valence-electron chi connectivity index (χ2n) is 15.5. The molecule has 0 aromatic heterocycles. The van der Waals surface area contributed by atoms with Crippen LogP contribution in [0.3, 0.4) is 0 Å². The number of halogens is 1. The molecule has 1 spiro atoms. The van der Waals surface area contributed by atoms with Gasteiger partial charge in [-0.25, -0.2) is 4.79 Å². The van der Waals surface area contributed by atoms with Crippen molar-refractivity contribution in [1.29, 1.82) is 0 Å². The van der Waals surface area contributed by atoms with Crippen LogP contribution in [-0.2, 0) is 20.8 Å². The maximum Gasteiger partial charge on any atom is 0.407 e. The number of nitrogens with one attached hydrogen (secondary N) is 1. The van der Waals surface area contributed by atoms with Gasteiger partial charge < -0.3 is 19.5 Å². The van der Waals surface area contributed by atoms with E-state index in [2.05, 4.69) is 33.0 Å². The van der Waals surface area contributed by atoms with Crippen molar-refractivity contribution in [3.8, 4) is 0 Å². The van der Waals surface area contributed by atoms with Gasteiger partial charge in [-0.1, -0.05) is 51.4 Å². The number of carbonyl (C=O) groups excluding carboxylic acids is 1. The Morgan fingerprint density at radius 3 is 2.51 bits per heavy atom. The number of hydrogen-bond donors (Lipinski definition) is 1. The molecule has 226 valence electrons. The van der Waals surface area contributed by atoms with E-state index in [1.54, 1.807) is 0 Å². The van der Waals surface area contributed by atoms with Gasteiger partial charge in [-0.2, -0.15) is 0 Å². The molecule has 6 aliphatic rings. The number of ether oxygens (including phenoxy) is 3. The van der Waals surface area contributed by atoms with Crippen molar-refractivity contribution in [1.82, 2.24) is 5.32 Å². The van der Waals surface area contributed by atoms with Crippen molar-refractivity contribution >= 4 is 17.7 Å². The average molecular weight is 584 g/mol. The minimum atomic E-state index is -0.324. The first kappa shape index (κ1) is 28.5. The molecule has 4 saturated carbocycles. The van der Waals surface area contributed by atoms with Crippen LogP contribution in [0.15, 0.2) is 24.3 Å². The van der Waals surface area contributed by atoms with Crippen LogP contribution in [0, 0.1) is 52.3 Å². The number of carbonyl (C=O) groups is 1. The van der Waals surface area contributed by atoms with Gasteiger partial charge in [0, 0.05) is 23.9 Å². The van der Waals surface area contributed by atoms with Crippen LogP contribution in [0.25, 0.3) is 0 Å². The van der Waals surface area contributed by atoms with Crippen LogP contribution in [0.2, 0.25) is 5.02 Å². The van der Waals surface area contributed by atoms with Crippen molar-refractivity contribution in [2.24, 2.45) is 52.3 Å². The molecule has 6 fully saturated rings. The van der Waals surface area contributed by atoms with Gasteiger partial charge in [0.25, 0.3) is 0 Å². The molecule has 5 nitrogen and oxygen atoms in total. The van der Waals surface area contributed by atoms with Gasteiger partial charge in [-0.3, -0.25) is 0 Å². The highest BCUT2D eigenvalue weighted by Gasteiger charge is 2.69.